The Morgan fingerprint density at radius 2 is 0.852 bits per heavy atom. The standard InChI is InChI=1S/C41H62N5O4P3S/c1-11-42(12-2)51(43(13-3)14-4)47-34-25-21-32-23-27-40-38(36(32)29-34)31-39-37-30-35(48-52(44(15-5)16-6)45(17-7)18-8)26-22-33(37)24-28-41(39)50-53(54,49-40)46(19-9)20-10/h21-30H,11-20,31H2,1-10H3. The van der Waals surface area contributed by atoms with Gasteiger partial charge < -0.3 is 18.1 Å². The van der Waals surface area contributed by atoms with E-state index in [2.05, 4.69) is 153 Å². The first kappa shape index (κ1) is 43.0. The smallest absolute Gasteiger partial charge is 0.367 e. The number of hydrogen-bond donors (Lipinski definition) is 0. The van der Waals surface area contributed by atoms with Gasteiger partial charge in [0.05, 0.1) is 0 Å². The van der Waals surface area contributed by atoms with Crippen molar-refractivity contribution < 1.29 is 18.1 Å². The van der Waals surface area contributed by atoms with Crippen molar-refractivity contribution in [1.82, 2.24) is 23.4 Å². The molecule has 0 N–H and O–H groups in total. The van der Waals surface area contributed by atoms with Crippen molar-refractivity contribution in [3.8, 4) is 23.0 Å². The molecule has 296 valence electrons. The Bertz CT molecular complexity index is 1730. The van der Waals surface area contributed by atoms with E-state index in [1.807, 2.05) is 0 Å². The third-order valence-corrected chi connectivity index (χ3v) is 18.4. The van der Waals surface area contributed by atoms with Crippen LogP contribution in [0.4, 0.5) is 0 Å². The van der Waals surface area contributed by atoms with Gasteiger partial charge in [-0.25, -0.2) is 23.4 Å². The van der Waals surface area contributed by atoms with Gasteiger partial charge in [-0.2, -0.15) is 0 Å². The number of nitrogens with zero attached hydrogens (tertiary/aromatic N) is 5. The van der Waals surface area contributed by atoms with E-state index in [9.17, 15) is 0 Å². The summed E-state index contributed by atoms with van der Waals surface area (Å²) in [6.45, 7) is 27.7. The Kier molecular flexibility index (Phi) is 15.8. The number of hydrogen-bond acceptors (Lipinski definition) is 9. The van der Waals surface area contributed by atoms with Crippen LogP contribution in [-0.2, 0) is 18.2 Å². The van der Waals surface area contributed by atoms with Crippen molar-refractivity contribution >= 4 is 56.9 Å². The van der Waals surface area contributed by atoms with Gasteiger partial charge in [-0.3, -0.25) is 0 Å². The summed E-state index contributed by atoms with van der Waals surface area (Å²) >= 11 is 6.43. The van der Waals surface area contributed by atoms with E-state index in [0.717, 1.165) is 121 Å². The third-order valence-electron chi connectivity index (χ3n) is 10.2. The van der Waals surface area contributed by atoms with E-state index in [4.69, 9.17) is 29.9 Å². The average molecular weight is 814 g/mol. The highest BCUT2D eigenvalue weighted by Crippen LogP contribution is 2.57. The lowest BCUT2D eigenvalue weighted by atomic mass is 9.93. The highest BCUT2D eigenvalue weighted by Gasteiger charge is 2.35. The van der Waals surface area contributed by atoms with Gasteiger partial charge in [0.15, 0.2) is 0 Å². The first-order chi connectivity index (χ1) is 26.1. The zero-order chi connectivity index (χ0) is 39.0. The second kappa shape index (κ2) is 19.9. The molecule has 0 fully saturated rings. The molecule has 0 bridgehead atoms. The second-order valence-electron chi connectivity index (χ2n) is 13.1. The molecule has 0 aliphatic carbocycles. The van der Waals surface area contributed by atoms with Crippen molar-refractivity contribution in [2.24, 2.45) is 0 Å². The number of benzene rings is 4. The molecular weight excluding hydrogens is 751 g/mol. The van der Waals surface area contributed by atoms with Crippen LogP contribution in [0.15, 0.2) is 60.7 Å². The summed E-state index contributed by atoms with van der Waals surface area (Å²) in [7, 11) is -1.97. The molecule has 0 amide bonds. The SMILES string of the molecule is CCN(CC)P(Oc1ccc2ccc3c(c2c1)Cc1c(ccc2ccc(OP(N(CC)CC)N(CC)CC)cc12)OP(=S)(N(CC)CC)O3)N(CC)CC. The van der Waals surface area contributed by atoms with Crippen molar-refractivity contribution in [2.75, 3.05) is 65.4 Å². The van der Waals surface area contributed by atoms with E-state index >= 15 is 0 Å². The maximum Gasteiger partial charge on any atom is 0.367 e. The van der Waals surface area contributed by atoms with Crippen LogP contribution in [0, 0.1) is 0 Å². The van der Waals surface area contributed by atoms with Gasteiger partial charge >= 0.3 is 6.64 Å². The van der Waals surface area contributed by atoms with Gasteiger partial charge in [0.25, 0.3) is 0 Å². The fourth-order valence-corrected chi connectivity index (χ4v) is 13.8. The van der Waals surface area contributed by atoms with Crippen LogP contribution < -0.4 is 18.1 Å². The third kappa shape index (κ3) is 9.20. The Balaban J connectivity index is 1.70. The fraction of sp³-hybridized carbons (Fsp3) is 0.512. The van der Waals surface area contributed by atoms with Gasteiger partial charge in [-0.05, 0) is 57.9 Å². The van der Waals surface area contributed by atoms with Crippen molar-refractivity contribution in [3.63, 3.8) is 0 Å². The molecular formula is C41H62N5O4P3S. The molecule has 0 aromatic heterocycles. The maximum absolute atomic E-state index is 6.95. The number of rotatable bonds is 19. The zero-order valence-corrected chi connectivity index (χ0v) is 37.7. The first-order valence-electron chi connectivity index (χ1n) is 20.0. The molecule has 0 spiro atoms. The topological polar surface area (TPSA) is 53.1 Å². The van der Waals surface area contributed by atoms with E-state index in [1.165, 1.54) is 0 Å². The summed E-state index contributed by atoms with van der Waals surface area (Å²) in [5.74, 6) is 3.26. The Labute approximate surface area is 333 Å². The molecule has 1 aliphatic rings. The molecule has 1 aliphatic heterocycles. The van der Waals surface area contributed by atoms with Crippen molar-refractivity contribution in [3.05, 3.63) is 71.8 Å². The quantitative estimate of drug-likeness (QED) is 0.0856. The predicted molar refractivity (Wildman–Crippen MR) is 236 cm³/mol. The van der Waals surface area contributed by atoms with E-state index in [0.29, 0.717) is 6.42 Å². The first-order valence-corrected chi connectivity index (χ1v) is 24.9. The van der Waals surface area contributed by atoms with Crippen LogP contribution in [0.5, 0.6) is 23.0 Å². The zero-order valence-electron chi connectivity index (χ0n) is 34.2. The molecule has 0 saturated carbocycles. The Morgan fingerprint density at radius 3 is 1.17 bits per heavy atom. The van der Waals surface area contributed by atoms with Gasteiger partial charge in [-0.1, -0.05) is 93.5 Å². The molecule has 1 heterocycles. The van der Waals surface area contributed by atoms with Gasteiger partial charge in [-0.15, -0.1) is 0 Å². The predicted octanol–water partition coefficient (Wildman–Crippen LogP) is 11.5. The highest BCUT2D eigenvalue weighted by molar-refractivity contribution is 8.09. The van der Waals surface area contributed by atoms with Crippen LogP contribution in [0.2, 0.25) is 0 Å². The Morgan fingerprint density at radius 1 is 0.519 bits per heavy atom. The van der Waals surface area contributed by atoms with Crippen LogP contribution in [0.3, 0.4) is 0 Å². The monoisotopic (exact) mass is 813 g/mol. The average Bonchev–Trinajstić information content (AvgIpc) is 3.18. The largest absolute Gasteiger partial charge is 0.444 e. The van der Waals surface area contributed by atoms with E-state index < -0.39 is 23.5 Å². The van der Waals surface area contributed by atoms with Crippen LogP contribution in [-0.4, -0.2) is 88.8 Å². The molecule has 0 atom stereocenters. The molecule has 4 aromatic rings. The molecule has 9 nitrogen and oxygen atoms in total. The molecule has 5 rings (SSSR count). The summed E-state index contributed by atoms with van der Waals surface area (Å²) < 4.78 is 39.6. The summed E-state index contributed by atoms with van der Waals surface area (Å²) in [6.07, 6.45) is 0.599. The molecule has 0 saturated heterocycles. The van der Waals surface area contributed by atoms with Crippen LogP contribution in [0.25, 0.3) is 21.5 Å². The summed E-state index contributed by atoms with van der Waals surface area (Å²) in [5.41, 5.74) is 2.18. The van der Waals surface area contributed by atoms with Gasteiger partial charge in [0, 0.05) is 94.8 Å². The summed E-state index contributed by atoms with van der Waals surface area (Å²) in [6, 6.07) is 21.4. The normalized spacial score (nSPS) is 14.2. The second-order valence-corrected chi connectivity index (χ2v) is 20.0. The molecule has 0 unspecified atom stereocenters. The molecule has 54 heavy (non-hydrogen) atoms. The molecule has 0 radical (unpaired) electrons. The van der Waals surface area contributed by atoms with Gasteiger partial charge in [0.1, 0.15) is 23.0 Å². The van der Waals surface area contributed by atoms with E-state index in [1.54, 1.807) is 0 Å². The lowest BCUT2D eigenvalue weighted by Gasteiger charge is -2.36. The minimum Gasteiger partial charge on any atom is -0.444 e. The van der Waals surface area contributed by atoms with E-state index in [-0.39, 0.29) is 0 Å². The minimum absolute atomic E-state index is 0.599. The highest BCUT2D eigenvalue weighted by atomic mass is 32.5. The lowest BCUT2D eigenvalue weighted by molar-refractivity contribution is 0.360. The van der Waals surface area contributed by atoms with Crippen LogP contribution in [0.1, 0.15) is 80.4 Å². The van der Waals surface area contributed by atoms with Crippen molar-refractivity contribution in [1.29, 1.82) is 0 Å². The minimum atomic E-state index is -2.99. The maximum atomic E-state index is 6.95. The number of fused-ring (bicyclic) bond motifs is 6. The summed E-state index contributed by atoms with van der Waals surface area (Å²) in [5, 5.41) is 4.47. The lowest BCUT2D eigenvalue weighted by Crippen LogP contribution is -2.31. The van der Waals surface area contributed by atoms with Gasteiger partial charge in [0.2, 0.25) is 16.9 Å². The van der Waals surface area contributed by atoms with Crippen LogP contribution >= 0.6 is 23.5 Å². The summed E-state index contributed by atoms with van der Waals surface area (Å²) in [4.78, 5) is 0. The molecule has 13 heteroatoms. The Hall–Kier alpha value is -2.09. The molecule has 4 aromatic carbocycles. The fourth-order valence-electron chi connectivity index (χ4n) is 7.10. The van der Waals surface area contributed by atoms with Crippen molar-refractivity contribution in [2.45, 2.75) is 75.7 Å².